The Morgan fingerprint density at radius 1 is 1.06 bits per heavy atom. The van der Waals surface area contributed by atoms with Crippen LogP contribution in [-0.4, -0.2) is 45.0 Å². The Morgan fingerprint density at radius 2 is 1.80 bits per heavy atom. The van der Waals surface area contributed by atoms with Crippen molar-refractivity contribution in [2.24, 2.45) is 0 Å². The molecule has 2 heterocycles. The SMILES string of the molecule is COc1ccc(Cc2nn3c([C@H](CCCc4ccccc4)[C@@H](C)O)nc(C)c3c(=O)[nH]2)cc1OC. The highest BCUT2D eigenvalue weighted by atomic mass is 16.5. The van der Waals surface area contributed by atoms with Gasteiger partial charge < -0.3 is 19.6 Å². The van der Waals surface area contributed by atoms with Crippen LogP contribution in [0.1, 0.15) is 54.2 Å². The van der Waals surface area contributed by atoms with Gasteiger partial charge in [0.2, 0.25) is 0 Å². The lowest BCUT2D eigenvalue weighted by atomic mass is 9.94. The molecular formula is C27H32N4O4. The van der Waals surface area contributed by atoms with Crippen LogP contribution in [0.2, 0.25) is 0 Å². The molecule has 2 atom stereocenters. The Morgan fingerprint density at radius 3 is 2.49 bits per heavy atom. The van der Waals surface area contributed by atoms with Crippen molar-refractivity contribution in [2.45, 2.75) is 51.6 Å². The summed E-state index contributed by atoms with van der Waals surface area (Å²) in [6.45, 7) is 3.56. The topological polar surface area (TPSA) is 102 Å². The van der Waals surface area contributed by atoms with Gasteiger partial charge in [0.15, 0.2) is 17.0 Å². The number of benzene rings is 2. The normalized spacial score (nSPS) is 13.1. The summed E-state index contributed by atoms with van der Waals surface area (Å²) >= 11 is 0. The van der Waals surface area contributed by atoms with Crippen LogP contribution in [0.4, 0.5) is 0 Å². The molecule has 0 aliphatic heterocycles. The summed E-state index contributed by atoms with van der Waals surface area (Å²) < 4.78 is 12.3. The third-order valence-corrected chi connectivity index (χ3v) is 6.30. The van der Waals surface area contributed by atoms with Gasteiger partial charge >= 0.3 is 0 Å². The molecule has 0 spiro atoms. The highest BCUT2D eigenvalue weighted by Gasteiger charge is 2.25. The Hall–Kier alpha value is -3.65. The maximum Gasteiger partial charge on any atom is 0.277 e. The zero-order chi connectivity index (χ0) is 24.9. The van der Waals surface area contributed by atoms with E-state index in [9.17, 15) is 9.90 Å². The van der Waals surface area contributed by atoms with Crippen molar-refractivity contribution in [3.8, 4) is 11.5 Å². The minimum atomic E-state index is -0.633. The molecule has 4 rings (SSSR count). The second kappa shape index (κ2) is 10.7. The lowest BCUT2D eigenvalue weighted by molar-refractivity contribution is 0.151. The van der Waals surface area contributed by atoms with E-state index in [1.54, 1.807) is 32.6 Å². The smallest absolute Gasteiger partial charge is 0.277 e. The molecule has 2 aromatic carbocycles. The molecule has 2 N–H and O–H groups in total. The molecule has 0 saturated heterocycles. The minimum Gasteiger partial charge on any atom is -0.493 e. The third-order valence-electron chi connectivity index (χ3n) is 6.30. The van der Waals surface area contributed by atoms with E-state index >= 15 is 0 Å². The molecule has 2 aromatic heterocycles. The zero-order valence-corrected chi connectivity index (χ0v) is 20.6. The number of nitrogens with one attached hydrogen (secondary N) is 1. The number of aromatic amines is 1. The summed E-state index contributed by atoms with van der Waals surface area (Å²) in [5.41, 5.74) is 2.93. The molecule has 0 amide bonds. The fraction of sp³-hybridized carbons (Fsp3) is 0.370. The van der Waals surface area contributed by atoms with Gasteiger partial charge in [-0.2, -0.15) is 5.10 Å². The predicted octanol–water partition coefficient (Wildman–Crippen LogP) is 3.82. The molecule has 8 nitrogen and oxygen atoms in total. The average molecular weight is 477 g/mol. The lowest BCUT2D eigenvalue weighted by Gasteiger charge is -2.18. The van der Waals surface area contributed by atoms with E-state index in [1.165, 1.54) is 5.56 Å². The van der Waals surface area contributed by atoms with Gasteiger partial charge in [0.1, 0.15) is 11.6 Å². The van der Waals surface area contributed by atoms with Crippen molar-refractivity contribution in [3.63, 3.8) is 0 Å². The van der Waals surface area contributed by atoms with Gasteiger partial charge in [0.25, 0.3) is 5.56 Å². The quantitative estimate of drug-likeness (QED) is 0.361. The second-order valence-electron chi connectivity index (χ2n) is 8.81. The number of aliphatic hydroxyl groups excluding tert-OH is 1. The van der Waals surface area contributed by atoms with Crippen molar-refractivity contribution >= 4 is 5.52 Å². The number of hydrogen-bond donors (Lipinski definition) is 2. The number of aliphatic hydroxyl groups is 1. The number of methoxy groups -OCH3 is 2. The predicted molar refractivity (Wildman–Crippen MR) is 134 cm³/mol. The summed E-state index contributed by atoms with van der Waals surface area (Å²) in [5, 5.41) is 15.4. The van der Waals surface area contributed by atoms with E-state index in [0.717, 1.165) is 24.8 Å². The number of ether oxygens (including phenoxy) is 2. The Labute approximate surface area is 204 Å². The van der Waals surface area contributed by atoms with E-state index in [1.807, 2.05) is 36.4 Å². The van der Waals surface area contributed by atoms with Gasteiger partial charge in [-0.25, -0.2) is 9.50 Å². The molecular weight excluding hydrogens is 444 g/mol. The molecule has 4 aromatic rings. The maximum atomic E-state index is 13.0. The summed E-state index contributed by atoms with van der Waals surface area (Å²) in [6.07, 6.45) is 2.28. The van der Waals surface area contributed by atoms with Gasteiger partial charge in [-0.3, -0.25) is 4.79 Å². The first-order chi connectivity index (χ1) is 16.9. The lowest BCUT2D eigenvalue weighted by Crippen LogP contribution is -2.22. The molecule has 0 aliphatic rings. The van der Waals surface area contributed by atoms with Crippen LogP contribution in [0.15, 0.2) is 53.3 Å². The van der Waals surface area contributed by atoms with Crippen LogP contribution in [0.3, 0.4) is 0 Å². The molecule has 0 aliphatic carbocycles. The van der Waals surface area contributed by atoms with Crippen LogP contribution < -0.4 is 15.0 Å². The van der Waals surface area contributed by atoms with E-state index < -0.39 is 6.10 Å². The molecule has 184 valence electrons. The molecule has 0 saturated carbocycles. The number of rotatable bonds is 10. The van der Waals surface area contributed by atoms with Gasteiger partial charge in [0.05, 0.1) is 26.0 Å². The largest absolute Gasteiger partial charge is 0.493 e. The van der Waals surface area contributed by atoms with E-state index in [0.29, 0.717) is 40.8 Å². The Kier molecular flexibility index (Phi) is 7.51. The van der Waals surface area contributed by atoms with E-state index in [4.69, 9.17) is 14.6 Å². The van der Waals surface area contributed by atoms with Gasteiger partial charge in [0, 0.05) is 12.3 Å². The van der Waals surface area contributed by atoms with Crippen molar-refractivity contribution in [2.75, 3.05) is 14.2 Å². The van der Waals surface area contributed by atoms with Crippen molar-refractivity contribution in [1.29, 1.82) is 0 Å². The molecule has 35 heavy (non-hydrogen) atoms. The number of aryl methyl sites for hydroxylation is 2. The molecule has 0 fully saturated rings. The number of H-pyrrole nitrogens is 1. The first-order valence-corrected chi connectivity index (χ1v) is 11.8. The molecule has 8 heteroatoms. The minimum absolute atomic E-state index is 0.247. The molecule has 0 bridgehead atoms. The van der Waals surface area contributed by atoms with Crippen LogP contribution >= 0.6 is 0 Å². The van der Waals surface area contributed by atoms with Crippen molar-refractivity contribution < 1.29 is 14.6 Å². The number of hydrogen-bond acceptors (Lipinski definition) is 6. The molecule has 0 unspecified atom stereocenters. The fourth-order valence-corrected chi connectivity index (χ4v) is 4.50. The average Bonchev–Trinajstić information content (AvgIpc) is 3.18. The van der Waals surface area contributed by atoms with Crippen molar-refractivity contribution in [3.05, 3.63) is 87.4 Å². The third kappa shape index (κ3) is 5.38. The summed E-state index contributed by atoms with van der Waals surface area (Å²) in [6, 6.07) is 15.9. The Bertz CT molecular complexity index is 1340. The summed E-state index contributed by atoms with van der Waals surface area (Å²) in [4.78, 5) is 20.5. The zero-order valence-electron chi connectivity index (χ0n) is 20.6. The second-order valence-corrected chi connectivity index (χ2v) is 8.81. The first-order valence-electron chi connectivity index (χ1n) is 11.8. The monoisotopic (exact) mass is 476 g/mol. The van der Waals surface area contributed by atoms with E-state index in [2.05, 4.69) is 22.1 Å². The van der Waals surface area contributed by atoms with Crippen molar-refractivity contribution in [1.82, 2.24) is 19.6 Å². The highest BCUT2D eigenvalue weighted by molar-refractivity contribution is 5.50. The summed E-state index contributed by atoms with van der Waals surface area (Å²) in [5.74, 6) is 2.11. The number of nitrogens with zero attached hydrogens (tertiary/aromatic N) is 3. The fourth-order valence-electron chi connectivity index (χ4n) is 4.50. The number of aromatic nitrogens is 4. The van der Waals surface area contributed by atoms with Crippen LogP contribution in [0.5, 0.6) is 11.5 Å². The van der Waals surface area contributed by atoms with Gasteiger partial charge in [-0.1, -0.05) is 36.4 Å². The first kappa shape index (κ1) is 24.5. The standard InChI is InChI=1S/C27H32N4O4/c1-17-25-27(33)29-24(16-20-13-14-22(34-3)23(15-20)35-4)30-31(25)26(28-17)21(18(2)32)12-8-11-19-9-6-5-7-10-19/h5-7,9-10,13-15,18,21,32H,8,11-12,16H2,1-4H3,(H,29,30,33)/t18-,21-/m1/s1. The number of fused-ring (bicyclic) bond motifs is 1. The van der Waals surface area contributed by atoms with E-state index in [-0.39, 0.29) is 11.5 Å². The maximum absolute atomic E-state index is 13.0. The molecule has 0 radical (unpaired) electrons. The van der Waals surface area contributed by atoms with Gasteiger partial charge in [-0.15, -0.1) is 0 Å². The van der Waals surface area contributed by atoms with Crippen LogP contribution in [-0.2, 0) is 12.8 Å². The summed E-state index contributed by atoms with van der Waals surface area (Å²) in [7, 11) is 3.17. The highest BCUT2D eigenvalue weighted by Crippen LogP contribution is 2.29. The van der Waals surface area contributed by atoms with Gasteiger partial charge in [-0.05, 0) is 56.4 Å². The number of imidazole rings is 1. The Balaban J connectivity index is 1.64. The van der Waals surface area contributed by atoms with Crippen LogP contribution in [0, 0.1) is 6.92 Å². The van der Waals surface area contributed by atoms with Crippen LogP contribution in [0.25, 0.3) is 5.52 Å².